The van der Waals surface area contributed by atoms with Crippen LogP contribution in [-0.4, -0.2) is 25.6 Å². The highest BCUT2D eigenvalue weighted by atomic mass is 127. The molecule has 152 valence electrons. The number of cyclic esters (lactones) is 1. The molecule has 1 aliphatic rings. The molecule has 0 aliphatic carbocycles. The molecule has 0 saturated carbocycles. The number of esters is 1. The predicted octanol–water partition coefficient (Wildman–Crippen LogP) is 5.74. The Kier molecular flexibility index (Phi) is 7.55. The zero-order chi connectivity index (χ0) is 21.0. The Balaban J connectivity index is 1.90. The number of carbonyl (C=O) groups excluding carboxylic acids is 1. The third-order valence-corrected chi connectivity index (χ3v) is 6.34. The van der Waals surface area contributed by atoms with E-state index >= 15 is 0 Å². The molecule has 0 atom stereocenters. The number of carbonyl (C=O) groups is 1. The van der Waals surface area contributed by atoms with Crippen LogP contribution in [0.4, 0.5) is 0 Å². The number of rotatable bonds is 7. The molecule has 0 bridgehead atoms. The van der Waals surface area contributed by atoms with Crippen molar-refractivity contribution in [2.45, 2.75) is 26.7 Å². The van der Waals surface area contributed by atoms with E-state index in [-0.39, 0.29) is 5.70 Å². The second kappa shape index (κ2) is 9.92. The van der Waals surface area contributed by atoms with Crippen molar-refractivity contribution in [2.24, 2.45) is 4.99 Å². The van der Waals surface area contributed by atoms with E-state index in [2.05, 4.69) is 57.1 Å². The zero-order valence-electron chi connectivity index (χ0n) is 16.4. The molecule has 29 heavy (non-hydrogen) atoms. The molecule has 2 aromatic rings. The van der Waals surface area contributed by atoms with Crippen molar-refractivity contribution >= 4 is 63.1 Å². The van der Waals surface area contributed by atoms with Gasteiger partial charge in [-0.1, -0.05) is 13.3 Å². The highest BCUT2D eigenvalue weighted by Gasteiger charge is 2.24. The molecule has 0 radical (unpaired) electrons. The fraction of sp³-hybridized carbons (Fsp3) is 0.273. The highest BCUT2D eigenvalue weighted by molar-refractivity contribution is 14.1. The Hall–Kier alpha value is -1.62. The van der Waals surface area contributed by atoms with E-state index in [4.69, 9.17) is 14.2 Å². The van der Waals surface area contributed by atoms with Crippen LogP contribution in [0.25, 0.3) is 6.08 Å². The Morgan fingerprint density at radius 3 is 2.66 bits per heavy atom. The lowest BCUT2D eigenvalue weighted by Crippen LogP contribution is -2.05. The summed E-state index contributed by atoms with van der Waals surface area (Å²) in [6.45, 7) is 4.77. The lowest BCUT2D eigenvalue weighted by atomic mass is 10.1. The number of hydrogen-bond donors (Lipinski definition) is 0. The molecule has 3 rings (SSSR count). The standard InChI is InChI=1S/C22H21I2NO4/c1-4-5-8-28-20-17(24)10-14(12-19(20)27-3)11-18-22(26)29-21(25-18)15-6-7-16(23)13(2)9-15/h6-7,9-12H,4-5,8H2,1-3H3/b18-11-. The van der Waals surface area contributed by atoms with Crippen LogP contribution in [-0.2, 0) is 9.53 Å². The van der Waals surface area contributed by atoms with Crippen LogP contribution in [0.2, 0.25) is 0 Å². The van der Waals surface area contributed by atoms with E-state index in [1.165, 1.54) is 0 Å². The van der Waals surface area contributed by atoms with E-state index in [0.29, 0.717) is 18.3 Å². The normalized spacial score (nSPS) is 14.7. The fourth-order valence-corrected chi connectivity index (χ4v) is 3.87. The van der Waals surface area contributed by atoms with Gasteiger partial charge in [0.25, 0.3) is 0 Å². The quantitative estimate of drug-likeness (QED) is 0.172. The van der Waals surface area contributed by atoms with Crippen molar-refractivity contribution in [1.82, 2.24) is 0 Å². The van der Waals surface area contributed by atoms with Gasteiger partial charge in [0.15, 0.2) is 17.2 Å². The van der Waals surface area contributed by atoms with Crippen LogP contribution in [0.15, 0.2) is 41.0 Å². The maximum absolute atomic E-state index is 12.3. The molecular formula is C22H21I2NO4. The number of unbranched alkanes of at least 4 members (excludes halogenated alkanes) is 1. The molecule has 0 unspecified atom stereocenters. The summed E-state index contributed by atoms with van der Waals surface area (Å²) in [6.07, 6.45) is 3.74. The minimum atomic E-state index is -0.464. The number of nitrogens with zero attached hydrogens (tertiary/aromatic N) is 1. The van der Waals surface area contributed by atoms with Gasteiger partial charge >= 0.3 is 5.97 Å². The van der Waals surface area contributed by atoms with Crippen molar-refractivity contribution in [1.29, 1.82) is 0 Å². The topological polar surface area (TPSA) is 57.1 Å². The highest BCUT2D eigenvalue weighted by Crippen LogP contribution is 2.35. The van der Waals surface area contributed by atoms with Gasteiger partial charge < -0.3 is 14.2 Å². The second-order valence-electron chi connectivity index (χ2n) is 6.54. The Bertz CT molecular complexity index is 999. The molecule has 1 heterocycles. The summed E-state index contributed by atoms with van der Waals surface area (Å²) < 4.78 is 18.8. The first-order valence-corrected chi connectivity index (χ1v) is 11.4. The minimum Gasteiger partial charge on any atom is -0.493 e. The van der Waals surface area contributed by atoms with Crippen LogP contribution >= 0.6 is 45.2 Å². The molecule has 0 saturated heterocycles. The first-order valence-electron chi connectivity index (χ1n) is 9.22. The van der Waals surface area contributed by atoms with Crippen LogP contribution in [0.5, 0.6) is 11.5 Å². The van der Waals surface area contributed by atoms with E-state index < -0.39 is 5.97 Å². The van der Waals surface area contributed by atoms with E-state index in [1.807, 2.05) is 37.3 Å². The largest absolute Gasteiger partial charge is 0.493 e. The maximum Gasteiger partial charge on any atom is 0.363 e. The minimum absolute atomic E-state index is 0.258. The van der Waals surface area contributed by atoms with Gasteiger partial charge in [0.1, 0.15) is 0 Å². The summed E-state index contributed by atoms with van der Waals surface area (Å²) in [4.78, 5) is 16.7. The van der Waals surface area contributed by atoms with Crippen molar-refractivity contribution in [2.75, 3.05) is 13.7 Å². The zero-order valence-corrected chi connectivity index (χ0v) is 20.7. The summed E-state index contributed by atoms with van der Waals surface area (Å²) >= 11 is 4.48. The molecule has 5 nitrogen and oxygen atoms in total. The summed E-state index contributed by atoms with van der Waals surface area (Å²) in [6, 6.07) is 9.62. The van der Waals surface area contributed by atoms with E-state index in [1.54, 1.807) is 13.2 Å². The lowest BCUT2D eigenvalue weighted by Gasteiger charge is -2.13. The maximum atomic E-state index is 12.3. The van der Waals surface area contributed by atoms with Gasteiger partial charge in [0, 0.05) is 9.13 Å². The SMILES string of the molecule is CCCCOc1c(I)cc(/C=C2\N=C(c3ccc(I)c(C)c3)OC2=O)cc1OC. The smallest absolute Gasteiger partial charge is 0.363 e. The third kappa shape index (κ3) is 5.30. The molecule has 1 aliphatic heterocycles. The van der Waals surface area contributed by atoms with Crippen molar-refractivity contribution in [3.05, 3.63) is 59.9 Å². The van der Waals surface area contributed by atoms with Crippen LogP contribution in [0, 0.1) is 14.1 Å². The Morgan fingerprint density at radius 1 is 1.17 bits per heavy atom. The van der Waals surface area contributed by atoms with Crippen molar-refractivity contribution in [3.63, 3.8) is 0 Å². The van der Waals surface area contributed by atoms with E-state index in [0.717, 1.165) is 42.4 Å². The Morgan fingerprint density at radius 2 is 1.97 bits per heavy atom. The molecule has 2 aromatic carbocycles. The molecular weight excluding hydrogens is 596 g/mol. The van der Waals surface area contributed by atoms with Gasteiger partial charge in [0.2, 0.25) is 5.90 Å². The number of ether oxygens (including phenoxy) is 3. The van der Waals surface area contributed by atoms with Crippen LogP contribution in [0.1, 0.15) is 36.5 Å². The first-order chi connectivity index (χ1) is 13.9. The average molecular weight is 617 g/mol. The number of hydrogen-bond acceptors (Lipinski definition) is 5. The lowest BCUT2D eigenvalue weighted by molar-refractivity contribution is -0.129. The summed E-state index contributed by atoms with van der Waals surface area (Å²) in [5.74, 6) is 1.20. The Labute approximate surface area is 197 Å². The monoisotopic (exact) mass is 617 g/mol. The average Bonchev–Trinajstić information content (AvgIpc) is 3.05. The van der Waals surface area contributed by atoms with Crippen LogP contribution in [0.3, 0.4) is 0 Å². The van der Waals surface area contributed by atoms with Crippen molar-refractivity contribution in [3.8, 4) is 11.5 Å². The summed E-state index contributed by atoms with van der Waals surface area (Å²) in [5.41, 5.74) is 2.95. The third-order valence-electron chi connectivity index (χ3n) is 4.32. The number of aryl methyl sites for hydroxylation is 1. The molecule has 0 amide bonds. The van der Waals surface area contributed by atoms with Gasteiger partial charge in [0.05, 0.1) is 17.3 Å². The molecule has 0 aromatic heterocycles. The fourth-order valence-electron chi connectivity index (χ4n) is 2.75. The predicted molar refractivity (Wildman–Crippen MR) is 131 cm³/mol. The van der Waals surface area contributed by atoms with Gasteiger partial charge in [-0.2, -0.15) is 0 Å². The number of aliphatic imine (C=N–C) groups is 1. The summed E-state index contributed by atoms with van der Waals surface area (Å²) in [7, 11) is 1.61. The molecule has 0 spiro atoms. The molecule has 0 N–H and O–H groups in total. The van der Waals surface area contributed by atoms with Crippen molar-refractivity contribution < 1.29 is 19.0 Å². The molecule has 7 heteroatoms. The molecule has 0 fully saturated rings. The second-order valence-corrected chi connectivity index (χ2v) is 8.86. The first kappa shape index (κ1) is 22.1. The number of halogens is 2. The number of methoxy groups -OCH3 is 1. The van der Waals surface area contributed by atoms with Gasteiger partial charge in [-0.25, -0.2) is 9.79 Å². The van der Waals surface area contributed by atoms with Gasteiger partial charge in [-0.3, -0.25) is 0 Å². The van der Waals surface area contributed by atoms with Gasteiger partial charge in [-0.05, 0) is 106 Å². The number of benzene rings is 2. The van der Waals surface area contributed by atoms with Crippen LogP contribution < -0.4 is 9.47 Å². The van der Waals surface area contributed by atoms with E-state index in [9.17, 15) is 4.79 Å². The summed E-state index contributed by atoms with van der Waals surface area (Å²) in [5, 5.41) is 0. The van der Waals surface area contributed by atoms with Gasteiger partial charge in [-0.15, -0.1) is 0 Å².